The summed E-state index contributed by atoms with van der Waals surface area (Å²) >= 11 is 0. The number of rotatable bonds is 5. The van der Waals surface area contributed by atoms with Crippen LogP contribution in [0.4, 0.5) is 13.2 Å². The average Bonchev–Trinajstić information content (AvgIpc) is 2.29. The first-order valence-corrected chi connectivity index (χ1v) is 7.13. The summed E-state index contributed by atoms with van der Waals surface area (Å²) in [5.41, 5.74) is 0. The zero-order valence-corrected chi connectivity index (χ0v) is 10.9. The molecule has 0 aromatic rings. The summed E-state index contributed by atoms with van der Waals surface area (Å²) in [4.78, 5) is 1.86. The summed E-state index contributed by atoms with van der Waals surface area (Å²) in [7, 11) is -4.15. The lowest BCUT2D eigenvalue weighted by atomic mass is 10.1. The van der Waals surface area contributed by atoms with E-state index in [1.165, 1.54) is 4.72 Å². The van der Waals surface area contributed by atoms with E-state index in [0.717, 1.165) is 0 Å². The predicted octanol–water partition coefficient (Wildman–Crippen LogP) is -0.0393. The molecule has 0 bridgehead atoms. The number of halogens is 3. The van der Waals surface area contributed by atoms with Gasteiger partial charge in [-0.15, -0.1) is 0 Å². The first kappa shape index (κ1) is 16.2. The van der Waals surface area contributed by atoms with Gasteiger partial charge in [-0.2, -0.15) is 36.3 Å². The smallest absolute Gasteiger partial charge is 0.290 e. The Morgan fingerprint density at radius 2 is 1.89 bits per heavy atom. The van der Waals surface area contributed by atoms with Crippen molar-refractivity contribution in [2.75, 3.05) is 26.2 Å². The molecule has 0 spiro atoms. The van der Waals surface area contributed by atoms with E-state index in [4.69, 9.17) is 5.26 Å². The van der Waals surface area contributed by atoms with Gasteiger partial charge in [0.15, 0.2) is 0 Å². The number of nitrogens with one attached hydrogen (secondary N) is 2. The summed E-state index contributed by atoms with van der Waals surface area (Å²) < 4.78 is 62.1. The summed E-state index contributed by atoms with van der Waals surface area (Å²) in [6.07, 6.45) is -3.64. The van der Waals surface area contributed by atoms with Gasteiger partial charge in [-0.1, -0.05) is 0 Å². The van der Waals surface area contributed by atoms with Crippen molar-refractivity contribution in [3.63, 3.8) is 0 Å². The van der Waals surface area contributed by atoms with Gasteiger partial charge in [-0.25, -0.2) is 0 Å². The largest absolute Gasteiger partial charge is 0.402 e. The van der Waals surface area contributed by atoms with Crippen LogP contribution < -0.4 is 9.44 Å². The molecule has 0 amide bonds. The van der Waals surface area contributed by atoms with Crippen molar-refractivity contribution >= 4 is 10.2 Å². The molecule has 0 unspecified atom stereocenters. The Kier molecular flexibility index (Phi) is 5.54. The molecule has 1 aliphatic heterocycles. The zero-order valence-electron chi connectivity index (χ0n) is 10.1. The Morgan fingerprint density at radius 1 is 1.32 bits per heavy atom. The van der Waals surface area contributed by atoms with Crippen molar-refractivity contribution in [2.24, 2.45) is 0 Å². The number of nitrogens with zero attached hydrogens (tertiary/aromatic N) is 2. The monoisotopic (exact) mass is 300 g/mol. The summed E-state index contributed by atoms with van der Waals surface area (Å²) in [6.45, 7) is -0.235. The van der Waals surface area contributed by atoms with Crippen LogP contribution >= 0.6 is 0 Å². The van der Waals surface area contributed by atoms with E-state index in [9.17, 15) is 21.6 Å². The van der Waals surface area contributed by atoms with Gasteiger partial charge in [0.05, 0.1) is 12.6 Å². The first-order valence-electron chi connectivity index (χ1n) is 5.65. The molecule has 1 saturated heterocycles. The van der Waals surface area contributed by atoms with E-state index in [2.05, 4.69) is 4.72 Å². The van der Waals surface area contributed by atoms with E-state index >= 15 is 0 Å². The van der Waals surface area contributed by atoms with E-state index in [1.807, 2.05) is 11.0 Å². The number of hydrogen-bond donors (Lipinski definition) is 2. The SMILES string of the molecule is N#CCN1CCC(NS(=O)(=O)NCC(F)(F)F)CC1. The van der Waals surface area contributed by atoms with Gasteiger partial charge in [0.1, 0.15) is 6.54 Å². The van der Waals surface area contributed by atoms with Crippen molar-refractivity contribution in [2.45, 2.75) is 25.1 Å². The molecule has 19 heavy (non-hydrogen) atoms. The summed E-state index contributed by atoms with van der Waals surface area (Å²) in [5, 5.41) is 8.50. The molecular weight excluding hydrogens is 285 g/mol. The fourth-order valence-electron chi connectivity index (χ4n) is 1.75. The van der Waals surface area contributed by atoms with Crippen molar-refractivity contribution in [3.05, 3.63) is 0 Å². The third-order valence-electron chi connectivity index (χ3n) is 2.67. The second-order valence-electron chi connectivity index (χ2n) is 4.27. The van der Waals surface area contributed by atoms with Crippen LogP contribution in [0.25, 0.3) is 0 Å². The van der Waals surface area contributed by atoms with E-state index < -0.39 is 29.0 Å². The van der Waals surface area contributed by atoms with Crippen LogP contribution in [0.3, 0.4) is 0 Å². The Bertz CT molecular complexity index is 424. The van der Waals surface area contributed by atoms with Crippen LogP contribution in [0.15, 0.2) is 0 Å². The van der Waals surface area contributed by atoms with Crippen LogP contribution in [-0.4, -0.2) is 51.7 Å². The maximum atomic E-state index is 11.9. The normalized spacial score (nSPS) is 19.3. The van der Waals surface area contributed by atoms with Crippen molar-refractivity contribution in [3.8, 4) is 6.07 Å². The standard InChI is InChI=1S/C9H15F3N4O2S/c10-9(11,12)7-14-19(17,18)15-8-1-4-16(5-2-8)6-3-13/h8,14-15H,1-2,4-7H2. The molecule has 1 rings (SSSR count). The van der Waals surface area contributed by atoms with Crippen molar-refractivity contribution in [1.29, 1.82) is 5.26 Å². The molecule has 0 aliphatic carbocycles. The maximum Gasteiger partial charge on any atom is 0.402 e. The van der Waals surface area contributed by atoms with Crippen LogP contribution in [0.5, 0.6) is 0 Å². The van der Waals surface area contributed by atoms with Gasteiger partial charge >= 0.3 is 6.18 Å². The lowest BCUT2D eigenvalue weighted by Gasteiger charge is -2.30. The van der Waals surface area contributed by atoms with E-state index in [-0.39, 0.29) is 6.54 Å². The molecular formula is C9H15F3N4O2S. The maximum absolute atomic E-state index is 11.9. The number of nitriles is 1. The van der Waals surface area contributed by atoms with Crippen LogP contribution in [0.2, 0.25) is 0 Å². The topological polar surface area (TPSA) is 85.2 Å². The Labute approximate surface area is 109 Å². The average molecular weight is 300 g/mol. The van der Waals surface area contributed by atoms with E-state index in [1.54, 1.807) is 0 Å². The molecule has 1 aliphatic rings. The fraction of sp³-hybridized carbons (Fsp3) is 0.889. The summed E-state index contributed by atoms with van der Waals surface area (Å²) in [5.74, 6) is 0. The molecule has 110 valence electrons. The molecule has 10 heteroatoms. The third kappa shape index (κ3) is 6.72. The third-order valence-corrected chi connectivity index (χ3v) is 3.83. The van der Waals surface area contributed by atoms with E-state index in [0.29, 0.717) is 25.9 Å². The Morgan fingerprint density at radius 3 is 2.37 bits per heavy atom. The fourth-order valence-corrected chi connectivity index (χ4v) is 2.86. The molecule has 0 aromatic heterocycles. The van der Waals surface area contributed by atoms with Gasteiger partial charge in [0.2, 0.25) is 0 Å². The molecule has 0 saturated carbocycles. The van der Waals surface area contributed by atoms with Crippen LogP contribution in [0.1, 0.15) is 12.8 Å². The van der Waals surface area contributed by atoms with Gasteiger partial charge in [-0.05, 0) is 12.8 Å². The van der Waals surface area contributed by atoms with Gasteiger partial charge in [-0.3, -0.25) is 4.90 Å². The predicted molar refractivity (Wildman–Crippen MR) is 61.2 cm³/mol. The molecule has 0 atom stereocenters. The number of likely N-dealkylation sites (tertiary alicyclic amines) is 1. The summed E-state index contributed by atoms with van der Waals surface area (Å²) in [6, 6.07) is 1.59. The number of alkyl halides is 3. The van der Waals surface area contributed by atoms with Crippen molar-refractivity contribution in [1.82, 2.24) is 14.3 Å². The van der Waals surface area contributed by atoms with Gasteiger partial charge in [0.25, 0.3) is 10.2 Å². The second kappa shape index (κ2) is 6.51. The highest BCUT2D eigenvalue weighted by molar-refractivity contribution is 7.87. The molecule has 0 aromatic carbocycles. The minimum atomic E-state index is -4.58. The minimum Gasteiger partial charge on any atom is -0.290 e. The highest BCUT2D eigenvalue weighted by Crippen LogP contribution is 2.13. The Balaban J connectivity index is 2.37. The second-order valence-corrected chi connectivity index (χ2v) is 5.80. The highest BCUT2D eigenvalue weighted by atomic mass is 32.2. The molecule has 0 radical (unpaired) electrons. The quantitative estimate of drug-likeness (QED) is 0.698. The number of hydrogen-bond acceptors (Lipinski definition) is 4. The number of piperidine rings is 1. The van der Waals surface area contributed by atoms with Crippen LogP contribution in [0, 0.1) is 11.3 Å². The highest BCUT2D eigenvalue weighted by Gasteiger charge is 2.30. The molecule has 6 nitrogen and oxygen atoms in total. The van der Waals surface area contributed by atoms with Gasteiger partial charge in [0, 0.05) is 19.1 Å². The zero-order chi connectivity index (χ0) is 14.5. The first-order chi connectivity index (χ1) is 8.72. The van der Waals surface area contributed by atoms with Crippen LogP contribution in [-0.2, 0) is 10.2 Å². The lowest BCUT2D eigenvalue weighted by Crippen LogP contribution is -2.49. The van der Waals surface area contributed by atoms with Gasteiger partial charge < -0.3 is 0 Å². The lowest BCUT2D eigenvalue weighted by molar-refractivity contribution is -0.121. The Hall–Kier alpha value is -0.890. The molecule has 1 fully saturated rings. The molecule has 1 heterocycles. The molecule has 2 N–H and O–H groups in total. The minimum absolute atomic E-state index is 0.270. The van der Waals surface area contributed by atoms with Crippen molar-refractivity contribution < 1.29 is 21.6 Å².